The quantitative estimate of drug-likeness (QED) is 0.558. The van der Waals surface area contributed by atoms with Crippen LogP contribution in [0.2, 0.25) is 0 Å². The molecule has 0 unspecified atom stereocenters. The Hall–Kier alpha value is -0.970. The lowest BCUT2D eigenvalue weighted by molar-refractivity contribution is 0.0395. The van der Waals surface area contributed by atoms with E-state index in [0.717, 1.165) is 36.1 Å². The van der Waals surface area contributed by atoms with Gasteiger partial charge in [-0.15, -0.1) is 0 Å². The van der Waals surface area contributed by atoms with Gasteiger partial charge in [0.1, 0.15) is 4.99 Å². The number of hydrogen-bond donors (Lipinski definition) is 1. The van der Waals surface area contributed by atoms with Gasteiger partial charge in [-0.3, -0.25) is 0 Å². The molecular weight excluding hydrogens is 258 g/mol. The molecule has 4 heteroatoms. The van der Waals surface area contributed by atoms with Crippen molar-refractivity contribution in [3.63, 3.8) is 0 Å². The van der Waals surface area contributed by atoms with E-state index in [-0.39, 0.29) is 0 Å². The van der Waals surface area contributed by atoms with Crippen molar-refractivity contribution in [2.45, 2.75) is 33.3 Å². The minimum absolute atomic E-state index is 0.430. The fourth-order valence-corrected chi connectivity index (χ4v) is 1.79. The van der Waals surface area contributed by atoms with Gasteiger partial charge in [-0.1, -0.05) is 37.7 Å². The Kier molecular flexibility index (Phi) is 7.63. The van der Waals surface area contributed by atoms with E-state index in [1.54, 1.807) is 0 Å². The van der Waals surface area contributed by atoms with Crippen LogP contribution in [0.15, 0.2) is 18.2 Å². The van der Waals surface area contributed by atoms with Crippen molar-refractivity contribution in [3.8, 4) is 0 Å². The maximum Gasteiger partial charge on any atom is 0.103 e. The van der Waals surface area contributed by atoms with Crippen molar-refractivity contribution < 1.29 is 9.47 Å². The van der Waals surface area contributed by atoms with Crippen molar-refractivity contribution in [1.82, 2.24) is 0 Å². The van der Waals surface area contributed by atoms with Crippen LogP contribution >= 0.6 is 12.2 Å². The lowest BCUT2D eigenvalue weighted by atomic mass is 10.1. The molecule has 0 aliphatic heterocycles. The summed E-state index contributed by atoms with van der Waals surface area (Å²) in [5.74, 6) is 0. The summed E-state index contributed by atoms with van der Waals surface area (Å²) in [4.78, 5) is 0.430. The van der Waals surface area contributed by atoms with E-state index in [0.29, 0.717) is 24.8 Å². The average Bonchev–Trinajstić information content (AvgIpc) is 2.39. The number of rotatable bonds is 9. The summed E-state index contributed by atoms with van der Waals surface area (Å²) in [6, 6.07) is 5.95. The third-order valence-corrected chi connectivity index (χ3v) is 3.13. The maximum absolute atomic E-state index is 5.60. The monoisotopic (exact) mass is 281 g/mol. The fourth-order valence-electron chi connectivity index (χ4n) is 1.66. The molecule has 1 rings (SSSR count). The van der Waals surface area contributed by atoms with Crippen LogP contribution in [0, 0.1) is 6.92 Å². The minimum atomic E-state index is 0.430. The van der Waals surface area contributed by atoms with E-state index in [2.05, 4.69) is 6.92 Å². The number of aryl methyl sites for hydroxylation is 1. The van der Waals surface area contributed by atoms with Gasteiger partial charge in [0.05, 0.1) is 19.8 Å². The largest absolute Gasteiger partial charge is 0.389 e. The van der Waals surface area contributed by atoms with Crippen LogP contribution in [0.25, 0.3) is 0 Å². The Balaban J connectivity index is 2.28. The first-order chi connectivity index (χ1) is 9.15. The zero-order valence-corrected chi connectivity index (χ0v) is 12.6. The van der Waals surface area contributed by atoms with Gasteiger partial charge in [0.25, 0.3) is 0 Å². The highest BCUT2D eigenvalue weighted by molar-refractivity contribution is 7.80. The van der Waals surface area contributed by atoms with Crippen molar-refractivity contribution in [2.75, 3.05) is 19.8 Å². The van der Waals surface area contributed by atoms with Crippen LogP contribution in [-0.2, 0) is 16.1 Å². The van der Waals surface area contributed by atoms with E-state index in [9.17, 15) is 0 Å². The molecule has 0 bridgehead atoms. The van der Waals surface area contributed by atoms with Gasteiger partial charge < -0.3 is 15.2 Å². The normalized spacial score (nSPS) is 10.6. The molecule has 0 atom stereocenters. The van der Waals surface area contributed by atoms with Gasteiger partial charge in [-0.25, -0.2) is 0 Å². The molecule has 2 N–H and O–H groups in total. The molecular formula is C15H23NO2S. The Morgan fingerprint density at radius 3 is 2.58 bits per heavy atom. The van der Waals surface area contributed by atoms with Gasteiger partial charge in [0.15, 0.2) is 0 Å². The number of nitrogens with two attached hydrogens (primary N) is 1. The molecule has 0 saturated heterocycles. The molecule has 1 aromatic rings. The zero-order chi connectivity index (χ0) is 14.1. The highest BCUT2D eigenvalue weighted by Gasteiger charge is 2.02. The average molecular weight is 281 g/mol. The van der Waals surface area contributed by atoms with Crippen LogP contribution in [0.5, 0.6) is 0 Å². The first kappa shape index (κ1) is 16.1. The fraction of sp³-hybridized carbons (Fsp3) is 0.533. The predicted molar refractivity (Wildman–Crippen MR) is 82.4 cm³/mol. The Morgan fingerprint density at radius 2 is 1.95 bits per heavy atom. The van der Waals surface area contributed by atoms with Gasteiger partial charge in [0.2, 0.25) is 0 Å². The van der Waals surface area contributed by atoms with E-state index >= 15 is 0 Å². The summed E-state index contributed by atoms with van der Waals surface area (Å²) in [5.41, 5.74) is 8.81. The highest BCUT2D eigenvalue weighted by atomic mass is 32.1. The van der Waals surface area contributed by atoms with Crippen LogP contribution in [-0.4, -0.2) is 24.8 Å². The molecule has 19 heavy (non-hydrogen) atoms. The molecule has 0 amide bonds. The number of hydrogen-bond acceptors (Lipinski definition) is 3. The molecule has 0 fully saturated rings. The molecule has 1 aromatic carbocycles. The lowest BCUT2D eigenvalue weighted by Crippen LogP contribution is -2.10. The lowest BCUT2D eigenvalue weighted by Gasteiger charge is -2.09. The van der Waals surface area contributed by atoms with Crippen molar-refractivity contribution in [3.05, 3.63) is 34.9 Å². The van der Waals surface area contributed by atoms with Crippen LogP contribution in [0.1, 0.15) is 36.5 Å². The summed E-state index contributed by atoms with van der Waals surface area (Å²) >= 11 is 4.95. The first-order valence-electron chi connectivity index (χ1n) is 6.70. The van der Waals surface area contributed by atoms with Crippen molar-refractivity contribution in [2.24, 2.45) is 5.73 Å². The van der Waals surface area contributed by atoms with Crippen LogP contribution in [0.4, 0.5) is 0 Å². The third-order valence-electron chi connectivity index (χ3n) is 2.90. The SMILES string of the molecule is CCCCOCCOCc1ccc(C(N)=S)cc1C. The molecule has 0 aliphatic carbocycles. The van der Waals surface area contributed by atoms with Crippen molar-refractivity contribution >= 4 is 17.2 Å². The van der Waals surface area contributed by atoms with Crippen LogP contribution in [0.3, 0.4) is 0 Å². The van der Waals surface area contributed by atoms with Gasteiger partial charge >= 0.3 is 0 Å². The summed E-state index contributed by atoms with van der Waals surface area (Å²) in [5, 5.41) is 0. The topological polar surface area (TPSA) is 44.5 Å². The number of unbranched alkanes of at least 4 members (excludes halogenated alkanes) is 1. The Morgan fingerprint density at radius 1 is 1.21 bits per heavy atom. The van der Waals surface area contributed by atoms with Gasteiger partial charge in [-0.2, -0.15) is 0 Å². The maximum atomic E-state index is 5.60. The molecule has 0 spiro atoms. The molecule has 0 aromatic heterocycles. The molecule has 0 heterocycles. The molecule has 0 radical (unpaired) electrons. The Labute approximate surface area is 121 Å². The van der Waals surface area contributed by atoms with Gasteiger partial charge in [0, 0.05) is 12.2 Å². The summed E-state index contributed by atoms with van der Waals surface area (Å²) in [7, 11) is 0. The number of ether oxygens (including phenoxy) is 2. The standard InChI is InChI=1S/C15H23NO2S/c1-3-4-7-17-8-9-18-11-14-6-5-13(15(16)19)10-12(14)2/h5-6,10H,3-4,7-9,11H2,1-2H3,(H2,16,19). The first-order valence-corrected chi connectivity index (χ1v) is 7.10. The van der Waals surface area contributed by atoms with E-state index in [1.165, 1.54) is 0 Å². The van der Waals surface area contributed by atoms with E-state index < -0.39 is 0 Å². The number of benzene rings is 1. The number of thiocarbonyl (C=S) groups is 1. The second-order valence-electron chi connectivity index (χ2n) is 4.52. The summed E-state index contributed by atoms with van der Waals surface area (Å²) in [6.45, 7) is 6.89. The molecule has 106 valence electrons. The summed E-state index contributed by atoms with van der Waals surface area (Å²) < 4.78 is 11.0. The predicted octanol–water partition coefficient (Wildman–Crippen LogP) is 2.96. The second kappa shape index (κ2) is 9.02. The van der Waals surface area contributed by atoms with E-state index in [4.69, 9.17) is 27.4 Å². The second-order valence-corrected chi connectivity index (χ2v) is 4.96. The highest BCUT2D eigenvalue weighted by Crippen LogP contribution is 2.12. The Bertz CT molecular complexity index is 407. The van der Waals surface area contributed by atoms with E-state index in [1.807, 2.05) is 25.1 Å². The molecule has 0 aliphatic rings. The smallest absolute Gasteiger partial charge is 0.103 e. The summed E-state index contributed by atoms with van der Waals surface area (Å²) in [6.07, 6.45) is 2.27. The zero-order valence-electron chi connectivity index (χ0n) is 11.8. The third kappa shape index (κ3) is 6.14. The molecule has 3 nitrogen and oxygen atoms in total. The van der Waals surface area contributed by atoms with Gasteiger partial charge in [-0.05, 0) is 30.5 Å². The van der Waals surface area contributed by atoms with Crippen molar-refractivity contribution in [1.29, 1.82) is 0 Å². The minimum Gasteiger partial charge on any atom is -0.389 e. The van der Waals surface area contributed by atoms with Crippen LogP contribution < -0.4 is 5.73 Å². The molecule has 0 saturated carbocycles.